The first kappa shape index (κ1) is 19.4. The molecule has 1 aromatic heterocycles. The Morgan fingerprint density at radius 3 is 2.48 bits per heavy atom. The van der Waals surface area contributed by atoms with Crippen LogP contribution in [-0.2, 0) is 6.42 Å². The molecule has 2 aromatic rings. The molecule has 1 unspecified atom stereocenters. The second-order valence-corrected chi connectivity index (χ2v) is 7.20. The highest BCUT2D eigenvalue weighted by Crippen LogP contribution is 2.21. The van der Waals surface area contributed by atoms with Crippen LogP contribution in [0.15, 0.2) is 48.7 Å². The number of aromatic amines is 1. The number of rotatable bonds is 7. The summed E-state index contributed by atoms with van der Waals surface area (Å²) in [7, 11) is 0. The molecule has 0 radical (unpaired) electrons. The molecule has 0 aliphatic rings. The maximum atomic E-state index is 5.79. The number of nitrogens with one attached hydrogen (secondary N) is 2. The van der Waals surface area contributed by atoms with Crippen molar-refractivity contribution in [1.82, 2.24) is 4.90 Å². The Kier molecular flexibility index (Phi) is 7.38. The van der Waals surface area contributed by atoms with Crippen molar-refractivity contribution in [2.24, 2.45) is 5.92 Å². The number of aromatic nitrogens is 1. The lowest BCUT2D eigenvalue weighted by Crippen LogP contribution is -2.40. The van der Waals surface area contributed by atoms with Crippen LogP contribution in [0.2, 0.25) is 0 Å². The van der Waals surface area contributed by atoms with E-state index in [4.69, 9.17) is 12.2 Å². The van der Waals surface area contributed by atoms with Gasteiger partial charge >= 0.3 is 0 Å². The summed E-state index contributed by atoms with van der Waals surface area (Å²) in [5, 5.41) is 4.26. The average Bonchev–Trinajstić information content (AvgIpc) is 2.62. The van der Waals surface area contributed by atoms with E-state index in [2.05, 4.69) is 79.3 Å². The van der Waals surface area contributed by atoms with Gasteiger partial charge in [0.1, 0.15) is 6.04 Å². The van der Waals surface area contributed by atoms with Crippen molar-refractivity contribution in [3.05, 3.63) is 59.9 Å². The van der Waals surface area contributed by atoms with Crippen LogP contribution in [0.4, 0.5) is 5.69 Å². The van der Waals surface area contributed by atoms with Gasteiger partial charge in [0.2, 0.25) is 5.69 Å². The van der Waals surface area contributed by atoms with E-state index in [-0.39, 0.29) is 6.04 Å². The largest absolute Gasteiger partial charge is 0.336 e. The fourth-order valence-electron chi connectivity index (χ4n) is 2.84. The van der Waals surface area contributed by atoms with Gasteiger partial charge in [-0.25, -0.2) is 4.98 Å². The predicted molar refractivity (Wildman–Crippen MR) is 110 cm³/mol. The number of hydrogen-bond donors (Lipinski definition) is 1. The van der Waals surface area contributed by atoms with Gasteiger partial charge in [-0.3, -0.25) is 0 Å². The molecule has 4 heteroatoms. The summed E-state index contributed by atoms with van der Waals surface area (Å²) >= 11 is 5.79. The van der Waals surface area contributed by atoms with E-state index >= 15 is 0 Å². The Bertz CT molecular complexity index is 670. The molecule has 0 saturated carbocycles. The fourth-order valence-corrected chi connectivity index (χ4v) is 3.20. The standard InChI is InChI=1S/C21H29N3S/c1-5-18-10-6-7-12-20(18)23-21(25)24(15-13-16(2)3)17(4)19-11-8-9-14-22-19/h6-12,14,16-17H,5,13,15H2,1-4H3,(H,23,25)/p+1. The third-order valence-corrected chi connectivity index (χ3v) is 4.84. The lowest BCUT2D eigenvalue weighted by Gasteiger charge is -2.31. The third kappa shape index (κ3) is 5.53. The van der Waals surface area contributed by atoms with Gasteiger partial charge in [-0.05, 0) is 49.5 Å². The molecule has 0 amide bonds. The van der Waals surface area contributed by atoms with Gasteiger partial charge in [0.25, 0.3) is 0 Å². The number of anilines is 1. The van der Waals surface area contributed by atoms with Gasteiger partial charge in [-0.2, -0.15) is 0 Å². The normalized spacial score (nSPS) is 12.0. The van der Waals surface area contributed by atoms with E-state index in [9.17, 15) is 0 Å². The van der Waals surface area contributed by atoms with Crippen LogP contribution in [-0.4, -0.2) is 16.6 Å². The topological polar surface area (TPSA) is 29.4 Å². The summed E-state index contributed by atoms with van der Waals surface area (Å²) in [6.45, 7) is 9.80. The number of nitrogens with zero attached hydrogens (tertiary/aromatic N) is 1. The Hall–Kier alpha value is -1.94. The fraction of sp³-hybridized carbons (Fsp3) is 0.429. The highest BCUT2D eigenvalue weighted by atomic mass is 32.1. The number of aryl methyl sites for hydroxylation is 1. The molecule has 25 heavy (non-hydrogen) atoms. The molecule has 0 spiro atoms. The van der Waals surface area contributed by atoms with E-state index in [1.807, 2.05) is 12.3 Å². The van der Waals surface area contributed by atoms with Crippen molar-refractivity contribution in [1.29, 1.82) is 0 Å². The van der Waals surface area contributed by atoms with Gasteiger partial charge in [0.05, 0.1) is 0 Å². The Morgan fingerprint density at radius 2 is 1.84 bits per heavy atom. The molecule has 1 heterocycles. The van der Waals surface area contributed by atoms with Crippen molar-refractivity contribution < 1.29 is 4.98 Å². The summed E-state index contributed by atoms with van der Waals surface area (Å²) in [4.78, 5) is 5.63. The third-order valence-electron chi connectivity index (χ3n) is 4.50. The first-order chi connectivity index (χ1) is 12.0. The van der Waals surface area contributed by atoms with Gasteiger partial charge in [0, 0.05) is 24.4 Å². The zero-order chi connectivity index (χ0) is 18.2. The van der Waals surface area contributed by atoms with Crippen LogP contribution in [0, 0.1) is 5.92 Å². The predicted octanol–water partition coefficient (Wildman–Crippen LogP) is 4.87. The van der Waals surface area contributed by atoms with Gasteiger partial charge < -0.3 is 10.2 Å². The van der Waals surface area contributed by atoms with Crippen molar-refractivity contribution in [2.75, 3.05) is 11.9 Å². The zero-order valence-corrected chi connectivity index (χ0v) is 16.6. The van der Waals surface area contributed by atoms with Gasteiger partial charge in [-0.1, -0.05) is 45.0 Å². The first-order valence-electron chi connectivity index (χ1n) is 9.15. The summed E-state index contributed by atoms with van der Waals surface area (Å²) in [6.07, 6.45) is 4.06. The molecule has 0 saturated heterocycles. The molecule has 2 N–H and O–H groups in total. The van der Waals surface area contributed by atoms with Crippen LogP contribution in [0.3, 0.4) is 0 Å². The molecule has 0 bridgehead atoms. The number of benzene rings is 1. The van der Waals surface area contributed by atoms with Crippen molar-refractivity contribution in [3.8, 4) is 0 Å². The van der Waals surface area contributed by atoms with Crippen LogP contribution in [0.25, 0.3) is 0 Å². The lowest BCUT2D eigenvalue weighted by atomic mass is 10.1. The smallest absolute Gasteiger partial charge is 0.202 e. The Morgan fingerprint density at radius 1 is 1.12 bits per heavy atom. The first-order valence-corrected chi connectivity index (χ1v) is 9.55. The lowest BCUT2D eigenvalue weighted by molar-refractivity contribution is -0.395. The monoisotopic (exact) mass is 356 g/mol. The SMILES string of the molecule is CCc1ccccc1NC(=S)N(CCC(C)C)C(C)c1cccc[nH+]1. The number of thiocarbonyl (C=S) groups is 1. The van der Waals surface area contributed by atoms with E-state index in [1.54, 1.807) is 0 Å². The summed E-state index contributed by atoms with van der Waals surface area (Å²) < 4.78 is 0. The number of hydrogen-bond acceptors (Lipinski definition) is 1. The number of H-pyrrole nitrogens is 1. The van der Waals surface area contributed by atoms with Crippen LogP contribution in [0.1, 0.15) is 51.4 Å². The summed E-state index contributed by atoms with van der Waals surface area (Å²) in [5.41, 5.74) is 3.56. The van der Waals surface area contributed by atoms with Gasteiger partial charge in [0.15, 0.2) is 11.3 Å². The quantitative estimate of drug-likeness (QED) is 0.718. The maximum absolute atomic E-state index is 5.79. The minimum atomic E-state index is 0.189. The van der Waals surface area contributed by atoms with E-state index in [1.165, 1.54) is 11.3 Å². The molecule has 0 fully saturated rings. The van der Waals surface area contributed by atoms with Crippen LogP contribution < -0.4 is 10.3 Å². The molecular weight excluding hydrogens is 326 g/mol. The minimum absolute atomic E-state index is 0.189. The van der Waals surface area contributed by atoms with Crippen LogP contribution >= 0.6 is 12.2 Å². The summed E-state index contributed by atoms with van der Waals surface area (Å²) in [6, 6.07) is 14.8. The Labute approximate surface area is 157 Å². The number of pyridine rings is 1. The van der Waals surface area contributed by atoms with Crippen molar-refractivity contribution in [2.45, 2.75) is 46.6 Å². The van der Waals surface area contributed by atoms with Crippen molar-refractivity contribution >= 4 is 23.0 Å². The molecule has 3 nitrogen and oxygen atoms in total. The van der Waals surface area contributed by atoms with E-state index < -0.39 is 0 Å². The van der Waals surface area contributed by atoms with Crippen LogP contribution in [0.5, 0.6) is 0 Å². The molecule has 0 aliphatic carbocycles. The van der Waals surface area contributed by atoms with Crippen molar-refractivity contribution in [3.63, 3.8) is 0 Å². The molecule has 1 atom stereocenters. The zero-order valence-electron chi connectivity index (χ0n) is 15.8. The molecule has 1 aromatic carbocycles. The molecule has 134 valence electrons. The second kappa shape index (κ2) is 9.52. The molecular formula is C21H30N3S+. The number of para-hydroxylation sites is 1. The van der Waals surface area contributed by atoms with E-state index in [0.717, 1.165) is 30.2 Å². The Balaban J connectivity index is 2.20. The van der Waals surface area contributed by atoms with Gasteiger partial charge in [-0.15, -0.1) is 0 Å². The molecule has 0 aliphatic heterocycles. The second-order valence-electron chi connectivity index (χ2n) is 6.81. The molecule has 2 rings (SSSR count). The average molecular weight is 357 g/mol. The maximum Gasteiger partial charge on any atom is 0.202 e. The van der Waals surface area contributed by atoms with E-state index in [0.29, 0.717) is 5.92 Å². The summed E-state index contributed by atoms with van der Waals surface area (Å²) in [5.74, 6) is 0.639. The highest BCUT2D eigenvalue weighted by Gasteiger charge is 2.23. The highest BCUT2D eigenvalue weighted by molar-refractivity contribution is 7.80. The minimum Gasteiger partial charge on any atom is -0.336 e.